The second-order valence-electron chi connectivity index (χ2n) is 9.45. The summed E-state index contributed by atoms with van der Waals surface area (Å²) in [6, 6.07) is 0.413. The highest BCUT2D eigenvalue weighted by Crippen LogP contribution is 2.26. The quantitative estimate of drug-likeness (QED) is 0.668. The summed E-state index contributed by atoms with van der Waals surface area (Å²) in [6.07, 6.45) is 8.29. The third kappa shape index (κ3) is 4.03. The van der Waals surface area contributed by atoms with Crippen LogP contribution in [0, 0.1) is 5.92 Å². The van der Waals surface area contributed by atoms with Crippen LogP contribution in [-0.4, -0.2) is 54.1 Å². The molecule has 0 bridgehead atoms. The van der Waals surface area contributed by atoms with Crippen molar-refractivity contribution >= 4 is 23.5 Å². The fraction of sp³-hybridized carbons (Fsp3) is 0.565. The topological polar surface area (TPSA) is 109 Å². The van der Waals surface area contributed by atoms with E-state index in [-0.39, 0.29) is 41.4 Å². The minimum absolute atomic E-state index is 0.0491. The van der Waals surface area contributed by atoms with Crippen LogP contribution in [0.2, 0.25) is 0 Å². The molecule has 9 heteroatoms. The molecule has 2 amide bonds. The second-order valence-corrected chi connectivity index (χ2v) is 9.45. The summed E-state index contributed by atoms with van der Waals surface area (Å²) < 4.78 is 2.67. The Morgan fingerprint density at radius 3 is 2.47 bits per heavy atom. The van der Waals surface area contributed by atoms with Crippen molar-refractivity contribution in [2.75, 3.05) is 0 Å². The first-order valence-corrected chi connectivity index (χ1v) is 11.3. The number of rotatable bonds is 6. The minimum atomic E-state index is -0.677. The Balaban J connectivity index is 1.77. The molecule has 4 rings (SSSR count). The minimum Gasteiger partial charge on any atom is -0.494 e. The predicted octanol–water partition coefficient (Wildman–Crippen LogP) is 2.16. The molecule has 2 aliphatic rings. The van der Waals surface area contributed by atoms with E-state index in [2.05, 4.69) is 10.4 Å². The zero-order chi connectivity index (χ0) is 23.2. The Labute approximate surface area is 186 Å². The number of carbonyl (C=O) groups is 2. The maximum absolute atomic E-state index is 13.0. The van der Waals surface area contributed by atoms with Crippen LogP contribution >= 0.6 is 0 Å². The van der Waals surface area contributed by atoms with Gasteiger partial charge in [-0.05, 0) is 51.5 Å². The van der Waals surface area contributed by atoms with Gasteiger partial charge in [0.1, 0.15) is 5.65 Å². The molecular formula is C23H31N5O4. The van der Waals surface area contributed by atoms with Crippen LogP contribution in [0.1, 0.15) is 69.3 Å². The van der Waals surface area contributed by atoms with Crippen LogP contribution in [0.25, 0.3) is 11.7 Å². The Kier molecular flexibility index (Phi) is 5.83. The summed E-state index contributed by atoms with van der Waals surface area (Å²) in [7, 11) is 0. The van der Waals surface area contributed by atoms with Crippen LogP contribution in [0.5, 0.6) is 5.88 Å². The van der Waals surface area contributed by atoms with Gasteiger partial charge in [0.15, 0.2) is 5.56 Å². The first-order chi connectivity index (χ1) is 15.2. The molecule has 2 aromatic heterocycles. The van der Waals surface area contributed by atoms with Gasteiger partial charge in [-0.15, -0.1) is 0 Å². The van der Waals surface area contributed by atoms with Gasteiger partial charge in [-0.3, -0.25) is 19.0 Å². The standard InChI is InChI=1S/C23H31N5O4/c1-13(2)12-26-21-16(7-10-18(29)27-14(3)5-6-15(27)4)11-24-28(21)23(32)19(22(26)31)20(30)25-17-8-9-17/h7,10-11,13-15,17,31H,5-6,8-9,12H2,1-4H3,(H,25,30)/b10-7+/t14-,15-/m0/s1. The summed E-state index contributed by atoms with van der Waals surface area (Å²) in [5, 5.41) is 17.9. The fourth-order valence-corrected chi connectivity index (χ4v) is 4.43. The SMILES string of the molecule is CC(C)Cn1c(O)c(C(=O)NC2CC2)c(=O)n2ncc(/C=C/C(=O)N3[C@@H](C)CC[C@@H]3C)c12. The van der Waals surface area contributed by atoms with Gasteiger partial charge in [-0.25, -0.2) is 0 Å². The maximum Gasteiger partial charge on any atom is 0.291 e. The molecule has 1 aliphatic carbocycles. The average Bonchev–Trinajstić information content (AvgIpc) is 3.32. The van der Waals surface area contributed by atoms with Gasteiger partial charge in [-0.1, -0.05) is 13.8 Å². The lowest BCUT2D eigenvalue weighted by atomic mass is 10.2. The Hall–Kier alpha value is -3.10. The van der Waals surface area contributed by atoms with Gasteiger partial charge in [0.25, 0.3) is 11.5 Å². The monoisotopic (exact) mass is 441 g/mol. The van der Waals surface area contributed by atoms with Gasteiger partial charge in [0.05, 0.1) is 6.20 Å². The summed E-state index contributed by atoms with van der Waals surface area (Å²) in [4.78, 5) is 40.4. The molecule has 172 valence electrons. The number of fused-ring (bicyclic) bond motifs is 1. The predicted molar refractivity (Wildman–Crippen MR) is 120 cm³/mol. The summed E-state index contributed by atoms with van der Waals surface area (Å²) in [5.74, 6) is -0.928. The van der Waals surface area contributed by atoms with Crippen molar-refractivity contribution in [3.8, 4) is 5.88 Å². The van der Waals surface area contributed by atoms with E-state index in [0.29, 0.717) is 17.8 Å². The van der Waals surface area contributed by atoms with E-state index in [9.17, 15) is 19.5 Å². The highest BCUT2D eigenvalue weighted by molar-refractivity contribution is 5.97. The Morgan fingerprint density at radius 1 is 1.22 bits per heavy atom. The molecule has 32 heavy (non-hydrogen) atoms. The first-order valence-electron chi connectivity index (χ1n) is 11.3. The van der Waals surface area contributed by atoms with E-state index in [4.69, 9.17) is 0 Å². The second kappa shape index (κ2) is 8.44. The molecule has 1 aliphatic heterocycles. The first kappa shape index (κ1) is 22.1. The summed E-state index contributed by atoms with van der Waals surface area (Å²) in [5.41, 5.74) is -0.0984. The molecule has 0 unspecified atom stereocenters. The number of nitrogens with one attached hydrogen (secondary N) is 1. The van der Waals surface area contributed by atoms with Gasteiger partial charge < -0.3 is 15.3 Å². The van der Waals surface area contributed by atoms with Gasteiger partial charge >= 0.3 is 0 Å². The lowest BCUT2D eigenvalue weighted by molar-refractivity contribution is -0.128. The highest BCUT2D eigenvalue weighted by Gasteiger charge is 2.31. The number of hydrogen-bond donors (Lipinski definition) is 2. The number of aromatic hydroxyl groups is 1. The molecule has 1 saturated heterocycles. The van der Waals surface area contributed by atoms with Crippen molar-refractivity contribution in [1.82, 2.24) is 24.4 Å². The molecule has 2 fully saturated rings. The van der Waals surface area contributed by atoms with Gasteiger partial charge in [0.2, 0.25) is 11.8 Å². The number of aromatic nitrogens is 3. The molecule has 0 radical (unpaired) electrons. The maximum atomic E-state index is 13.0. The van der Waals surface area contributed by atoms with Gasteiger partial charge in [0, 0.05) is 36.3 Å². The van der Waals surface area contributed by atoms with E-state index < -0.39 is 11.5 Å². The van der Waals surface area contributed by atoms with Crippen molar-refractivity contribution < 1.29 is 14.7 Å². The Morgan fingerprint density at radius 2 is 1.88 bits per heavy atom. The smallest absolute Gasteiger partial charge is 0.291 e. The third-order valence-corrected chi connectivity index (χ3v) is 6.21. The lowest BCUT2D eigenvalue weighted by Crippen LogP contribution is -2.37. The van der Waals surface area contributed by atoms with Crippen molar-refractivity contribution in [2.45, 2.75) is 78.0 Å². The van der Waals surface area contributed by atoms with Crippen molar-refractivity contribution in [3.05, 3.63) is 33.8 Å². The molecular weight excluding hydrogens is 410 g/mol. The number of carbonyl (C=O) groups excluding carboxylic acids is 2. The fourth-order valence-electron chi connectivity index (χ4n) is 4.43. The highest BCUT2D eigenvalue weighted by atomic mass is 16.3. The van der Waals surface area contributed by atoms with Crippen molar-refractivity contribution in [1.29, 1.82) is 0 Å². The normalized spacial score (nSPS) is 21.2. The molecule has 1 saturated carbocycles. The Bertz CT molecular complexity index is 1130. The van der Waals surface area contributed by atoms with E-state index in [1.165, 1.54) is 16.8 Å². The van der Waals surface area contributed by atoms with E-state index in [0.717, 1.165) is 30.2 Å². The lowest BCUT2D eigenvalue weighted by Gasteiger charge is -2.24. The third-order valence-electron chi connectivity index (χ3n) is 6.21. The zero-order valence-electron chi connectivity index (χ0n) is 19.0. The average molecular weight is 442 g/mol. The summed E-state index contributed by atoms with van der Waals surface area (Å²) >= 11 is 0. The van der Waals surface area contributed by atoms with E-state index >= 15 is 0 Å². The zero-order valence-corrected chi connectivity index (χ0v) is 19.0. The largest absolute Gasteiger partial charge is 0.494 e. The van der Waals surface area contributed by atoms with Crippen LogP contribution < -0.4 is 10.9 Å². The molecule has 9 nitrogen and oxygen atoms in total. The number of amides is 2. The number of likely N-dealkylation sites (tertiary alicyclic amines) is 1. The van der Waals surface area contributed by atoms with Gasteiger partial charge in [-0.2, -0.15) is 9.61 Å². The molecule has 3 heterocycles. The molecule has 2 aromatic rings. The number of hydrogen-bond acceptors (Lipinski definition) is 5. The van der Waals surface area contributed by atoms with Crippen LogP contribution in [0.4, 0.5) is 0 Å². The molecule has 2 N–H and O–H groups in total. The number of nitrogens with zero attached hydrogens (tertiary/aromatic N) is 4. The van der Waals surface area contributed by atoms with Crippen LogP contribution in [-0.2, 0) is 11.3 Å². The molecule has 0 spiro atoms. The van der Waals surface area contributed by atoms with Crippen molar-refractivity contribution in [2.24, 2.45) is 5.92 Å². The van der Waals surface area contributed by atoms with Crippen LogP contribution in [0.15, 0.2) is 17.1 Å². The van der Waals surface area contributed by atoms with E-state index in [1.807, 2.05) is 32.6 Å². The van der Waals surface area contributed by atoms with E-state index in [1.54, 1.807) is 6.08 Å². The van der Waals surface area contributed by atoms with Crippen molar-refractivity contribution in [3.63, 3.8) is 0 Å². The molecule has 2 atom stereocenters. The summed E-state index contributed by atoms with van der Waals surface area (Å²) in [6.45, 7) is 8.40. The molecule has 0 aromatic carbocycles. The van der Waals surface area contributed by atoms with Crippen LogP contribution in [0.3, 0.4) is 0 Å².